The van der Waals surface area contributed by atoms with Crippen LogP contribution in [0.1, 0.15) is 20.7 Å². The summed E-state index contributed by atoms with van der Waals surface area (Å²) >= 11 is 3.47. The molecule has 1 N–H and O–H groups in total. The van der Waals surface area contributed by atoms with E-state index in [0.717, 1.165) is 0 Å². The molecule has 0 atom stereocenters. The number of aromatic hydroxyl groups is 1. The number of halogens is 1. The van der Waals surface area contributed by atoms with Gasteiger partial charge in [-0.2, -0.15) is 0 Å². The van der Waals surface area contributed by atoms with Crippen molar-refractivity contribution >= 4 is 38.6 Å². The lowest BCUT2D eigenvalue weighted by molar-refractivity contribution is 0.0598. The first-order chi connectivity index (χ1) is 16.3. The first kappa shape index (κ1) is 25.0. The highest BCUT2D eigenvalue weighted by molar-refractivity contribution is 9.10. The Balaban J connectivity index is 2.65. The van der Waals surface area contributed by atoms with E-state index in [4.69, 9.17) is 28.4 Å². The third-order valence-corrected chi connectivity index (χ3v) is 5.96. The zero-order valence-corrected chi connectivity index (χ0v) is 21.0. The van der Waals surface area contributed by atoms with E-state index in [1.165, 1.54) is 54.8 Å². The summed E-state index contributed by atoms with van der Waals surface area (Å²) in [6, 6.07) is 6.18. The normalized spacial score (nSPS) is 10.6. The maximum absolute atomic E-state index is 13.1. The summed E-state index contributed by atoms with van der Waals surface area (Å²) in [4.78, 5) is 26.1. The molecule has 3 rings (SSSR count). The van der Waals surface area contributed by atoms with Crippen molar-refractivity contribution in [3.05, 3.63) is 39.9 Å². The Labute approximate surface area is 204 Å². The Kier molecular flexibility index (Phi) is 7.41. The minimum Gasteiger partial charge on any atom is -0.506 e. The molecule has 3 aromatic rings. The first-order valence-electron chi connectivity index (χ1n) is 9.80. The molecule has 0 saturated carbocycles. The number of esters is 2. The number of rotatable bonds is 7. The maximum Gasteiger partial charge on any atom is 0.342 e. The van der Waals surface area contributed by atoms with Gasteiger partial charge in [0.05, 0.1) is 48.2 Å². The first-order valence-corrected chi connectivity index (χ1v) is 10.6. The van der Waals surface area contributed by atoms with Gasteiger partial charge in [-0.15, -0.1) is 0 Å². The van der Waals surface area contributed by atoms with Gasteiger partial charge in [0, 0.05) is 26.4 Å². The summed E-state index contributed by atoms with van der Waals surface area (Å²) in [6.45, 7) is 0. The lowest BCUT2D eigenvalue weighted by Crippen LogP contribution is -2.12. The number of hydrogen-bond acceptors (Lipinski definition) is 9. The van der Waals surface area contributed by atoms with Crippen LogP contribution in [-0.4, -0.2) is 59.7 Å². The number of fused-ring (bicyclic) bond motifs is 1. The lowest BCUT2D eigenvalue weighted by atomic mass is 9.88. The molecule has 0 saturated heterocycles. The van der Waals surface area contributed by atoms with Crippen LogP contribution in [0.5, 0.6) is 28.7 Å². The summed E-state index contributed by atoms with van der Waals surface area (Å²) < 4.78 is 32.0. The number of benzene rings is 3. The number of phenols is 1. The Bertz CT molecular complexity index is 1280. The monoisotopic (exact) mass is 534 g/mol. The summed E-state index contributed by atoms with van der Waals surface area (Å²) in [7, 11) is 8.19. The molecule has 0 aliphatic carbocycles. The van der Waals surface area contributed by atoms with Crippen molar-refractivity contribution in [2.45, 2.75) is 0 Å². The molecule has 10 heteroatoms. The van der Waals surface area contributed by atoms with Gasteiger partial charge in [0.2, 0.25) is 0 Å². The molecule has 0 aliphatic heterocycles. The van der Waals surface area contributed by atoms with Crippen LogP contribution in [0.15, 0.2) is 28.7 Å². The third kappa shape index (κ3) is 4.05. The van der Waals surface area contributed by atoms with Gasteiger partial charge in [-0.3, -0.25) is 0 Å². The predicted octanol–water partition coefficient (Wildman–Crippen LogP) is 4.58. The zero-order valence-electron chi connectivity index (χ0n) is 19.4. The van der Waals surface area contributed by atoms with Crippen LogP contribution in [0.4, 0.5) is 0 Å². The van der Waals surface area contributed by atoms with Gasteiger partial charge in [0.1, 0.15) is 11.3 Å². The second-order valence-corrected chi connectivity index (χ2v) is 7.75. The minimum absolute atomic E-state index is 0.00423. The highest BCUT2D eigenvalue weighted by Crippen LogP contribution is 2.48. The van der Waals surface area contributed by atoms with Crippen molar-refractivity contribution in [2.75, 3.05) is 42.7 Å². The van der Waals surface area contributed by atoms with E-state index < -0.39 is 17.7 Å². The molecule has 0 radical (unpaired) electrons. The van der Waals surface area contributed by atoms with E-state index in [-0.39, 0.29) is 33.2 Å². The highest BCUT2D eigenvalue weighted by atomic mass is 79.9. The third-order valence-electron chi connectivity index (χ3n) is 5.31. The fourth-order valence-electron chi connectivity index (χ4n) is 3.72. The molecule has 0 heterocycles. The van der Waals surface area contributed by atoms with Crippen LogP contribution in [0.2, 0.25) is 0 Å². The van der Waals surface area contributed by atoms with Crippen LogP contribution < -0.4 is 18.9 Å². The van der Waals surface area contributed by atoms with E-state index in [2.05, 4.69) is 15.9 Å². The van der Waals surface area contributed by atoms with Crippen molar-refractivity contribution in [3.8, 4) is 39.9 Å². The average molecular weight is 535 g/mol. The SMILES string of the molecule is COC(=O)c1c(-c2cc(OC)c(OC)cc2Br)c(C(=O)OC)c2cc(OC)c(OC)cc2c1O. The van der Waals surface area contributed by atoms with Gasteiger partial charge < -0.3 is 33.5 Å². The highest BCUT2D eigenvalue weighted by Gasteiger charge is 2.32. The van der Waals surface area contributed by atoms with E-state index in [1.54, 1.807) is 12.1 Å². The van der Waals surface area contributed by atoms with E-state index in [9.17, 15) is 14.7 Å². The number of phenolic OH excluding ortho intramolecular Hbond substituents is 1. The molecule has 0 spiro atoms. The van der Waals surface area contributed by atoms with Gasteiger partial charge in [-0.1, -0.05) is 15.9 Å². The second-order valence-electron chi connectivity index (χ2n) is 6.90. The van der Waals surface area contributed by atoms with Gasteiger partial charge in [0.15, 0.2) is 23.0 Å². The number of carbonyl (C=O) groups excluding carboxylic acids is 2. The quantitative estimate of drug-likeness (QED) is 0.435. The maximum atomic E-state index is 13.1. The topological polar surface area (TPSA) is 110 Å². The molecule has 0 amide bonds. The van der Waals surface area contributed by atoms with Gasteiger partial charge in [-0.05, 0) is 24.3 Å². The van der Waals surface area contributed by atoms with Crippen molar-refractivity contribution in [1.82, 2.24) is 0 Å². The molecule has 0 aromatic heterocycles. The van der Waals surface area contributed by atoms with Gasteiger partial charge in [-0.25, -0.2) is 9.59 Å². The molecule has 3 aromatic carbocycles. The fourth-order valence-corrected chi connectivity index (χ4v) is 4.25. The molecule has 34 heavy (non-hydrogen) atoms. The Morgan fingerprint density at radius 2 is 1.12 bits per heavy atom. The zero-order chi connectivity index (χ0) is 25.2. The average Bonchev–Trinajstić information content (AvgIpc) is 2.86. The van der Waals surface area contributed by atoms with Crippen molar-refractivity contribution in [3.63, 3.8) is 0 Å². The largest absolute Gasteiger partial charge is 0.506 e. The second kappa shape index (κ2) is 10.1. The smallest absolute Gasteiger partial charge is 0.342 e. The Morgan fingerprint density at radius 3 is 1.62 bits per heavy atom. The predicted molar refractivity (Wildman–Crippen MR) is 128 cm³/mol. The number of ether oxygens (including phenoxy) is 6. The number of carbonyl (C=O) groups is 2. The van der Waals surface area contributed by atoms with Crippen LogP contribution in [0.25, 0.3) is 21.9 Å². The van der Waals surface area contributed by atoms with E-state index >= 15 is 0 Å². The Hall–Kier alpha value is -3.66. The van der Waals surface area contributed by atoms with Crippen LogP contribution >= 0.6 is 15.9 Å². The van der Waals surface area contributed by atoms with E-state index in [1.807, 2.05) is 0 Å². The van der Waals surface area contributed by atoms with Gasteiger partial charge >= 0.3 is 11.9 Å². The van der Waals surface area contributed by atoms with Crippen molar-refractivity contribution in [1.29, 1.82) is 0 Å². The molecular weight excluding hydrogens is 512 g/mol. The lowest BCUT2D eigenvalue weighted by Gasteiger charge is -2.21. The number of hydrogen-bond donors (Lipinski definition) is 1. The minimum atomic E-state index is -0.865. The summed E-state index contributed by atoms with van der Waals surface area (Å²) in [5, 5.41) is 11.7. The molecule has 180 valence electrons. The molecule has 0 fully saturated rings. The summed E-state index contributed by atoms with van der Waals surface area (Å²) in [5.74, 6) is -0.685. The Morgan fingerprint density at radius 1 is 0.676 bits per heavy atom. The van der Waals surface area contributed by atoms with Crippen LogP contribution in [0, 0.1) is 0 Å². The molecular formula is C24H23BrO9. The van der Waals surface area contributed by atoms with Crippen LogP contribution in [-0.2, 0) is 9.47 Å². The van der Waals surface area contributed by atoms with Crippen molar-refractivity contribution in [2.24, 2.45) is 0 Å². The molecule has 9 nitrogen and oxygen atoms in total. The molecule has 0 aliphatic rings. The summed E-state index contributed by atoms with van der Waals surface area (Å²) in [6.07, 6.45) is 0. The van der Waals surface area contributed by atoms with Crippen molar-refractivity contribution < 1.29 is 43.1 Å². The van der Waals surface area contributed by atoms with E-state index in [0.29, 0.717) is 27.3 Å². The van der Waals surface area contributed by atoms with Gasteiger partial charge in [0.25, 0.3) is 0 Å². The molecule has 0 unspecified atom stereocenters. The standard InChI is InChI=1S/C24H23BrO9/c1-29-15-7-11-12(8-16(15)30-2)22(26)21(24(28)34-6)19(20(11)23(27)33-5)13-9-17(31-3)18(32-4)10-14(13)25/h7-10,26H,1-6H3. The summed E-state index contributed by atoms with van der Waals surface area (Å²) in [5.41, 5.74) is 0.189. The fraction of sp³-hybridized carbons (Fsp3) is 0.250. The number of methoxy groups -OCH3 is 6. The van der Waals surface area contributed by atoms with Crippen LogP contribution in [0.3, 0.4) is 0 Å². The molecule has 0 bridgehead atoms.